The fourth-order valence-corrected chi connectivity index (χ4v) is 6.89. The molecule has 6 heteroatoms. The number of anilines is 1. The van der Waals surface area contributed by atoms with E-state index in [4.69, 9.17) is 4.74 Å². The van der Waals surface area contributed by atoms with Gasteiger partial charge in [-0.05, 0) is 87.1 Å². The van der Waals surface area contributed by atoms with Crippen LogP contribution >= 0.6 is 11.3 Å². The summed E-state index contributed by atoms with van der Waals surface area (Å²) in [7, 11) is 0. The second-order valence-electron chi connectivity index (χ2n) is 9.63. The van der Waals surface area contributed by atoms with Gasteiger partial charge in [0, 0.05) is 22.3 Å². The van der Waals surface area contributed by atoms with Gasteiger partial charge in [-0.25, -0.2) is 4.79 Å². The van der Waals surface area contributed by atoms with Crippen molar-refractivity contribution >= 4 is 23.1 Å². The molecule has 4 aromatic rings. The van der Waals surface area contributed by atoms with Crippen LogP contribution in [0.25, 0.3) is 5.00 Å². The molecule has 3 heterocycles. The Hall–Kier alpha value is -3.51. The predicted molar refractivity (Wildman–Crippen MR) is 145 cm³/mol. The highest BCUT2D eigenvalue weighted by Gasteiger charge is 2.36. The van der Waals surface area contributed by atoms with Gasteiger partial charge in [-0.2, -0.15) is 0 Å². The van der Waals surface area contributed by atoms with Crippen molar-refractivity contribution in [1.82, 2.24) is 9.47 Å². The molecule has 184 valence electrons. The first-order valence-electron chi connectivity index (χ1n) is 12.8. The van der Waals surface area contributed by atoms with Gasteiger partial charge in [0.25, 0.3) is 0 Å². The molecule has 0 radical (unpaired) electrons. The number of hydrogen-bond acceptors (Lipinski definition) is 3. The summed E-state index contributed by atoms with van der Waals surface area (Å²) < 4.78 is 8.01. The SMILES string of the molecule is CCOc1ccc(C2c3cccn3-c3sc4c(c3CN2C(=O)Nc2ccc(C)cc2)CCCC4)cc1. The van der Waals surface area contributed by atoms with Crippen LogP contribution in [-0.2, 0) is 19.4 Å². The van der Waals surface area contributed by atoms with Gasteiger partial charge in [0.2, 0.25) is 0 Å². The summed E-state index contributed by atoms with van der Waals surface area (Å²) >= 11 is 1.91. The van der Waals surface area contributed by atoms with Crippen LogP contribution in [0, 0.1) is 6.92 Å². The Morgan fingerprint density at radius 1 is 1.03 bits per heavy atom. The summed E-state index contributed by atoms with van der Waals surface area (Å²) in [5.41, 5.74) is 6.92. The van der Waals surface area contributed by atoms with Crippen LogP contribution in [0.15, 0.2) is 66.9 Å². The molecule has 1 aliphatic carbocycles. The van der Waals surface area contributed by atoms with E-state index in [1.165, 1.54) is 39.4 Å². The zero-order valence-electron chi connectivity index (χ0n) is 20.8. The number of hydrogen-bond donors (Lipinski definition) is 1. The smallest absolute Gasteiger partial charge is 0.322 e. The molecule has 0 fully saturated rings. The van der Waals surface area contributed by atoms with Crippen LogP contribution in [-0.4, -0.2) is 22.1 Å². The number of aromatic nitrogens is 1. The number of fused-ring (bicyclic) bond motifs is 5. The fourth-order valence-electron chi connectivity index (χ4n) is 5.48. The molecule has 0 saturated heterocycles. The molecule has 36 heavy (non-hydrogen) atoms. The van der Waals surface area contributed by atoms with E-state index >= 15 is 0 Å². The van der Waals surface area contributed by atoms with Gasteiger partial charge in [-0.15, -0.1) is 11.3 Å². The Balaban J connectivity index is 1.46. The molecule has 2 amide bonds. The van der Waals surface area contributed by atoms with Crippen molar-refractivity contribution in [1.29, 1.82) is 0 Å². The summed E-state index contributed by atoms with van der Waals surface area (Å²) in [5.74, 6) is 0.842. The number of nitrogens with one attached hydrogen (secondary N) is 1. The van der Waals surface area contributed by atoms with Gasteiger partial charge in [0.1, 0.15) is 10.8 Å². The third-order valence-electron chi connectivity index (χ3n) is 7.25. The number of rotatable bonds is 4. The largest absolute Gasteiger partial charge is 0.494 e. The van der Waals surface area contributed by atoms with Crippen molar-refractivity contribution in [2.45, 2.75) is 52.1 Å². The maximum absolute atomic E-state index is 14.0. The van der Waals surface area contributed by atoms with E-state index in [1.807, 2.05) is 59.6 Å². The number of urea groups is 1. The van der Waals surface area contributed by atoms with Crippen molar-refractivity contribution < 1.29 is 9.53 Å². The number of amides is 2. The lowest BCUT2D eigenvalue weighted by Gasteiger charge is -2.31. The van der Waals surface area contributed by atoms with E-state index in [9.17, 15) is 4.79 Å². The van der Waals surface area contributed by atoms with Gasteiger partial charge < -0.3 is 19.5 Å². The highest BCUT2D eigenvalue weighted by atomic mass is 32.1. The lowest BCUT2D eigenvalue weighted by molar-refractivity contribution is 0.194. The second kappa shape index (κ2) is 9.51. The normalized spacial score (nSPS) is 16.5. The maximum atomic E-state index is 14.0. The molecular weight excluding hydrogens is 466 g/mol. The number of thiophene rings is 1. The van der Waals surface area contributed by atoms with E-state index in [2.05, 4.69) is 47.3 Å². The summed E-state index contributed by atoms with van der Waals surface area (Å²) in [6, 6.07) is 20.1. The topological polar surface area (TPSA) is 46.5 Å². The highest BCUT2D eigenvalue weighted by Crippen LogP contribution is 2.44. The summed E-state index contributed by atoms with van der Waals surface area (Å²) in [5, 5.41) is 4.45. The molecule has 0 saturated carbocycles. The van der Waals surface area contributed by atoms with E-state index in [0.29, 0.717) is 13.2 Å². The van der Waals surface area contributed by atoms with Gasteiger partial charge in [-0.3, -0.25) is 0 Å². The van der Waals surface area contributed by atoms with Crippen molar-refractivity contribution in [3.8, 4) is 10.8 Å². The first-order valence-corrected chi connectivity index (χ1v) is 13.6. The molecule has 2 aromatic carbocycles. The average Bonchev–Trinajstić information content (AvgIpc) is 3.48. The molecule has 1 aliphatic heterocycles. The summed E-state index contributed by atoms with van der Waals surface area (Å²) in [6.07, 6.45) is 6.85. The first-order chi connectivity index (χ1) is 17.6. The van der Waals surface area contributed by atoms with Crippen molar-refractivity contribution in [3.05, 3.63) is 99.7 Å². The molecule has 5 nitrogen and oxygen atoms in total. The second-order valence-corrected chi connectivity index (χ2v) is 10.7. The number of nitrogens with zero attached hydrogens (tertiary/aromatic N) is 2. The summed E-state index contributed by atoms with van der Waals surface area (Å²) in [4.78, 5) is 17.5. The van der Waals surface area contributed by atoms with Crippen molar-refractivity contribution in [2.75, 3.05) is 11.9 Å². The predicted octanol–water partition coefficient (Wildman–Crippen LogP) is 7.26. The number of benzene rings is 2. The molecular formula is C30H31N3O2S. The first kappa shape index (κ1) is 22.9. The van der Waals surface area contributed by atoms with E-state index in [-0.39, 0.29) is 12.1 Å². The Labute approximate surface area is 216 Å². The molecule has 1 atom stereocenters. The molecule has 2 aromatic heterocycles. The van der Waals surface area contributed by atoms with Crippen LogP contribution in [0.2, 0.25) is 0 Å². The quantitative estimate of drug-likeness (QED) is 0.322. The Kier molecular flexibility index (Phi) is 6.05. The zero-order valence-corrected chi connectivity index (χ0v) is 21.6. The standard InChI is InChI=1S/C30H31N3O2S/c1-3-35-23-16-12-21(13-17-23)28-26-8-6-18-32(26)29-25(24-7-4-5-9-27(24)36-29)19-33(28)30(34)31-22-14-10-20(2)11-15-22/h6,8,10-18,28H,3-5,7,9,19H2,1-2H3,(H,31,34). The van der Waals surface area contributed by atoms with E-state index in [0.717, 1.165) is 35.5 Å². The van der Waals surface area contributed by atoms with Crippen molar-refractivity contribution in [2.24, 2.45) is 0 Å². The molecule has 1 unspecified atom stereocenters. The lowest BCUT2D eigenvalue weighted by atomic mass is 9.95. The minimum atomic E-state index is -0.222. The average molecular weight is 498 g/mol. The van der Waals surface area contributed by atoms with Crippen molar-refractivity contribution in [3.63, 3.8) is 0 Å². The van der Waals surface area contributed by atoms with Crippen LogP contribution in [0.5, 0.6) is 5.75 Å². The van der Waals surface area contributed by atoms with Gasteiger partial charge in [-0.1, -0.05) is 29.8 Å². The van der Waals surface area contributed by atoms with Gasteiger partial charge in [0.05, 0.1) is 24.9 Å². The third-order valence-corrected chi connectivity index (χ3v) is 8.58. The molecule has 6 rings (SSSR count). The monoisotopic (exact) mass is 497 g/mol. The van der Waals surface area contributed by atoms with Gasteiger partial charge in [0.15, 0.2) is 0 Å². The Morgan fingerprint density at radius 3 is 2.58 bits per heavy atom. The molecule has 2 aliphatic rings. The molecule has 0 spiro atoms. The molecule has 1 N–H and O–H groups in total. The lowest BCUT2D eigenvalue weighted by Crippen LogP contribution is -2.38. The minimum absolute atomic E-state index is 0.0888. The van der Waals surface area contributed by atoms with E-state index in [1.54, 1.807) is 0 Å². The van der Waals surface area contributed by atoms with E-state index < -0.39 is 0 Å². The van der Waals surface area contributed by atoms with Crippen LogP contribution < -0.4 is 10.1 Å². The number of aryl methyl sites for hydroxylation is 2. The van der Waals surface area contributed by atoms with Crippen LogP contribution in [0.1, 0.15) is 58.6 Å². The maximum Gasteiger partial charge on any atom is 0.322 e. The zero-order chi connectivity index (χ0) is 24.6. The fraction of sp³-hybridized carbons (Fsp3) is 0.300. The number of ether oxygens (including phenoxy) is 1. The van der Waals surface area contributed by atoms with Gasteiger partial charge >= 0.3 is 6.03 Å². The Morgan fingerprint density at radius 2 is 1.81 bits per heavy atom. The minimum Gasteiger partial charge on any atom is -0.494 e. The van der Waals surface area contributed by atoms with Crippen LogP contribution in [0.3, 0.4) is 0 Å². The highest BCUT2D eigenvalue weighted by molar-refractivity contribution is 7.15. The van der Waals surface area contributed by atoms with Crippen LogP contribution in [0.4, 0.5) is 10.5 Å². The third kappa shape index (κ3) is 4.09. The number of carbonyl (C=O) groups is 1. The molecule has 0 bridgehead atoms. The summed E-state index contributed by atoms with van der Waals surface area (Å²) in [6.45, 7) is 5.25. The Bertz CT molecular complexity index is 1380. The number of carbonyl (C=O) groups excluding carboxylic acids is 1.